The highest BCUT2D eigenvalue weighted by atomic mass is 35.5. The van der Waals surface area contributed by atoms with Crippen molar-refractivity contribution < 1.29 is 9.47 Å². The molecule has 0 amide bonds. The van der Waals surface area contributed by atoms with Crippen molar-refractivity contribution in [3.05, 3.63) is 82.0 Å². The predicted molar refractivity (Wildman–Crippen MR) is 147 cm³/mol. The van der Waals surface area contributed by atoms with Crippen LogP contribution in [0.1, 0.15) is 37.1 Å². The molecular weight excluding hydrogens is 495 g/mol. The van der Waals surface area contributed by atoms with Crippen LogP contribution in [0.4, 0.5) is 0 Å². The molecule has 0 saturated carbocycles. The van der Waals surface area contributed by atoms with Crippen molar-refractivity contribution in [3.8, 4) is 45.3 Å². The molecule has 0 aliphatic heterocycles. The first kappa shape index (κ1) is 25.9. The number of benzene rings is 2. The highest BCUT2D eigenvalue weighted by Crippen LogP contribution is 2.42. The molecule has 0 fully saturated rings. The molecular formula is C28H28Cl2N4O2. The fraction of sp³-hybridized carbons (Fsp3) is 0.214. The van der Waals surface area contributed by atoms with Crippen LogP contribution in [0.5, 0.6) is 11.6 Å². The predicted octanol–water partition coefficient (Wildman–Crippen LogP) is 6.84. The lowest BCUT2D eigenvalue weighted by Crippen LogP contribution is -2.08. The molecule has 2 heterocycles. The third-order valence-corrected chi connectivity index (χ3v) is 6.81. The number of hydrogen-bond acceptors (Lipinski definition) is 6. The monoisotopic (exact) mass is 522 g/mol. The maximum Gasteiger partial charge on any atom is 0.218 e. The third kappa shape index (κ3) is 4.90. The molecule has 6 nitrogen and oxygen atoms in total. The van der Waals surface area contributed by atoms with Crippen LogP contribution in [-0.2, 0) is 0 Å². The van der Waals surface area contributed by atoms with Crippen molar-refractivity contribution in [2.45, 2.75) is 25.9 Å². The average molecular weight is 523 g/mol. The van der Waals surface area contributed by atoms with Crippen LogP contribution in [0.3, 0.4) is 0 Å². The van der Waals surface area contributed by atoms with Gasteiger partial charge in [-0.1, -0.05) is 53.5 Å². The Morgan fingerprint density at radius 3 is 2.11 bits per heavy atom. The van der Waals surface area contributed by atoms with Gasteiger partial charge in [0.1, 0.15) is 5.75 Å². The molecule has 8 heteroatoms. The standard InChI is InChI=1S/C28H28Cl2N4O2/c1-15(31)18-9-8-17(14-24(18)35-3)27-26(30)21(12-13-33-27)20-6-5-7-22(25(20)29)23-11-10-19(16(2)32)28(34-23)36-4/h5-16H,31-32H2,1-4H3/t15-,16-/m0/s1. The molecule has 0 unspecified atom stereocenters. The molecule has 0 radical (unpaired) electrons. The Morgan fingerprint density at radius 2 is 1.44 bits per heavy atom. The van der Waals surface area contributed by atoms with E-state index in [1.54, 1.807) is 20.4 Å². The first-order chi connectivity index (χ1) is 17.3. The number of nitrogens with zero attached hydrogens (tertiary/aromatic N) is 2. The van der Waals surface area contributed by atoms with Gasteiger partial charge in [-0.2, -0.15) is 0 Å². The molecule has 0 aliphatic rings. The van der Waals surface area contributed by atoms with E-state index in [2.05, 4.69) is 9.97 Å². The third-order valence-electron chi connectivity index (χ3n) is 6.03. The topological polar surface area (TPSA) is 96.3 Å². The minimum absolute atomic E-state index is 0.167. The summed E-state index contributed by atoms with van der Waals surface area (Å²) in [7, 11) is 3.19. The van der Waals surface area contributed by atoms with Crippen molar-refractivity contribution in [1.82, 2.24) is 9.97 Å². The minimum atomic E-state index is -0.210. The zero-order valence-electron chi connectivity index (χ0n) is 20.5. The maximum atomic E-state index is 6.93. The van der Waals surface area contributed by atoms with Gasteiger partial charge in [-0.3, -0.25) is 4.98 Å². The summed E-state index contributed by atoms with van der Waals surface area (Å²) in [6.07, 6.45) is 1.71. The van der Waals surface area contributed by atoms with E-state index in [0.717, 1.165) is 33.4 Å². The Kier molecular flexibility index (Phi) is 7.81. The van der Waals surface area contributed by atoms with Crippen molar-refractivity contribution in [1.29, 1.82) is 0 Å². The molecule has 0 bridgehead atoms. The number of halogens is 2. The molecule has 4 N–H and O–H groups in total. The number of hydrogen-bond donors (Lipinski definition) is 2. The van der Waals surface area contributed by atoms with Gasteiger partial charge < -0.3 is 20.9 Å². The summed E-state index contributed by atoms with van der Waals surface area (Å²) in [6.45, 7) is 3.79. The van der Waals surface area contributed by atoms with E-state index in [4.69, 9.17) is 44.1 Å². The Bertz CT molecular complexity index is 1300. The number of methoxy groups -OCH3 is 2. The number of pyridine rings is 2. The van der Waals surface area contributed by atoms with Gasteiger partial charge in [0.25, 0.3) is 0 Å². The molecule has 36 heavy (non-hydrogen) atoms. The zero-order chi connectivity index (χ0) is 26.0. The normalized spacial score (nSPS) is 12.8. The molecule has 2 aromatic carbocycles. The molecule has 4 rings (SSSR count). The fourth-order valence-electron chi connectivity index (χ4n) is 4.14. The Hall–Kier alpha value is -3.16. The Balaban J connectivity index is 1.81. The summed E-state index contributed by atoms with van der Waals surface area (Å²) in [6, 6.07) is 16.8. The Labute approximate surface area is 221 Å². The molecule has 0 spiro atoms. The van der Waals surface area contributed by atoms with E-state index < -0.39 is 0 Å². The number of aromatic nitrogens is 2. The van der Waals surface area contributed by atoms with E-state index >= 15 is 0 Å². The van der Waals surface area contributed by atoms with E-state index in [1.165, 1.54) is 0 Å². The van der Waals surface area contributed by atoms with Crippen molar-refractivity contribution in [3.63, 3.8) is 0 Å². The van der Waals surface area contributed by atoms with Crippen LogP contribution in [-0.4, -0.2) is 24.2 Å². The number of rotatable bonds is 7. The highest BCUT2D eigenvalue weighted by Gasteiger charge is 2.19. The van der Waals surface area contributed by atoms with E-state index in [-0.39, 0.29) is 12.1 Å². The van der Waals surface area contributed by atoms with Crippen LogP contribution in [0.25, 0.3) is 33.6 Å². The molecule has 0 aliphatic carbocycles. The number of ether oxygens (including phenoxy) is 2. The van der Waals surface area contributed by atoms with E-state index in [9.17, 15) is 0 Å². The van der Waals surface area contributed by atoms with Crippen LogP contribution in [0.15, 0.2) is 60.8 Å². The lowest BCUT2D eigenvalue weighted by atomic mass is 9.98. The van der Waals surface area contributed by atoms with Crippen molar-refractivity contribution >= 4 is 23.2 Å². The number of nitrogens with two attached hydrogens (primary N) is 2. The quantitative estimate of drug-likeness (QED) is 0.275. The van der Waals surface area contributed by atoms with Crippen LogP contribution in [0, 0.1) is 0 Å². The van der Waals surface area contributed by atoms with Gasteiger partial charge in [0.05, 0.1) is 35.7 Å². The Morgan fingerprint density at radius 1 is 0.778 bits per heavy atom. The van der Waals surface area contributed by atoms with E-state index in [0.29, 0.717) is 33.1 Å². The first-order valence-electron chi connectivity index (χ1n) is 11.4. The summed E-state index contributed by atoms with van der Waals surface area (Å²) < 4.78 is 11.0. The second kappa shape index (κ2) is 10.8. The molecule has 2 atom stereocenters. The summed E-state index contributed by atoms with van der Waals surface area (Å²) in [5.74, 6) is 1.15. The molecule has 2 aromatic heterocycles. The second-order valence-electron chi connectivity index (χ2n) is 8.52. The first-order valence-corrected chi connectivity index (χ1v) is 12.2. The van der Waals surface area contributed by atoms with E-state index in [1.807, 2.05) is 68.4 Å². The van der Waals surface area contributed by atoms with Gasteiger partial charge in [0.15, 0.2) is 0 Å². The van der Waals surface area contributed by atoms with Gasteiger partial charge in [-0.25, -0.2) is 4.98 Å². The summed E-state index contributed by atoms with van der Waals surface area (Å²) in [5.41, 5.74) is 18.2. The summed E-state index contributed by atoms with van der Waals surface area (Å²) >= 11 is 13.8. The maximum absolute atomic E-state index is 6.93. The largest absolute Gasteiger partial charge is 0.496 e. The van der Waals surface area contributed by atoms with Crippen molar-refractivity contribution in [2.24, 2.45) is 11.5 Å². The van der Waals surface area contributed by atoms with Gasteiger partial charge >= 0.3 is 0 Å². The molecule has 186 valence electrons. The SMILES string of the molecule is COc1cc(-c2nccc(-c3cccc(-c4ccc([C@H](C)N)c(OC)n4)c3Cl)c2Cl)ccc1[C@H](C)N. The van der Waals surface area contributed by atoms with Crippen LogP contribution >= 0.6 is 23.2 Å². The van der Waals surface area contributed by atoms with Gasteiger partial charge in [0, 0.05) is 51.7 Å². The smallest absolute Gasteiger partial charge is 0.218 e. The van der Waals surface area contributed by atoms with Gasteiger partial charge in [-0.15, -0.1) is 0 Å². The van der Waals surface area contributed by atoms with Crippen molar-refractivity contribution in [2.75, 3.05) is 14.2 Å². The molecule has 4 aromatic rings. The fourth-order valence-corrected chi connectivity index (χ4v) is 4.78. The lowest BCUT2D eigenvalue weighted by molar-refractivity contribution is 0.390. The minimum Gasteiger partial charge on any atom is -0.496 e. The van der Waals surface area contributed by atoms with Gasteiger partial charge in [0.2, 0.25) is 5.88 Å². The lowest BCUT2D eigenvalue weighted by Gasteiger charge is -2.16. The van der Waals surface area contributed by atoms with Gasteiger partial charge in [-0.05, 0) is 38.1 Å². The zero-order valence-corrected chi connectivity index (χ0v) is 22.1. The van der Waals surface area contributed by atoms with Crippen LogP contribution in [0.2, 0.25) is 10.0 Å². The van der Waals surface area contributed by atoms with Crippen LogP contribution < -0.4 is 20.9 Å². The summed E-state index contributed by atoms with van der Waals surface area (Å²) in [5, 5.41) is 0.995. The summed E-state index contributed by atoms with van der Waals surface area (Å²) in [4.78, 5) is 9.19. The second-order valence-corrected chi connectivity index (χ2v) is 9.27. The molecule has 0 saturated heterocycles. The average Bonchev–Trinajstić information content (AvgIpc) is 2.88. The highest BCUT2D eigenvalue weighted by molar-refractivity contribution is 6.39.